The minimum absolute atomic E-state index is 0.0249. The SMILES string of the molecule is CC1(C)CC(Nc2nc(N=[N+]=[N-])nc(OC3CC(C)(C)N(O)C(C)(C)C3)n2)CC(C)(C)N1O. The van der Waals surface area contributed by atoms with Crippen molar-refractivity contribution in [3.05, 3.63) is 10.4 Å². The number of nitrogens with one attached hydrogen (secondary N) is 1. The van der Waals surface area contributed by atoms with E-state index in [9.17, 15) is 10.4 Å². The molecule has 0 aliphatic carbocycles. The zero-order valence-electron chi connectivity index (χ0n) is 20.9. The van der Waals surface area contributed by atoms with Crippen molar-refractivity contribution in [2.24, 2.45) is 5.11 Å². The topological polar surface area (TPSA) is 156 Å². The predicted octanol–water partition coefficient (Wildman–Crippen LogP) is 4.43. The van der Waals surface area contributed by atoms with Crippen molar-refractivity contribution >= 4 is 11.9 Å². The van der Waals surface area contributed by atoms with Gasteiger partial charge in [0.05, 0.1) is 0 Å². The van der Waals surface area contributed by atoms with Gasteiger partial charge in [0.2, 0.25) is 11.9 Å². The second-order valence-electron chi connectivity index (χ2n) is 11.7. The summed E-state index contributed by atoms with van der Waals surface area (Å²) < 4.78 is 6.12. The fourth-order valence-electron chi connectivity index (χ4n) is 5.51. The molecule has 184 valence electrons. The van der Waals surface area contributed by atoms with Gasteiger partial charge in [-0.2, -0.15) is 25.1 Å². The molecule has 1 aromatic heterocycles. The Morgan fingerprint density at radius 1 is 0.879 bits per heavy atom. The van der Waals surface area contributed by atoms with Crippen molar-refractivity contribution in [1.82, 2.24) is 25.1 Å². The molecule has 2 fully saturated rings. The molecule has 0 amide bonds. The summed E-state index contributed by atoms with van der Waals surface area (Å²) in [7, 11) is 0. The first-order valence-corrected chi connectivity index (χ1v) is 11.3. The van der Waals surface area contributed by atoms with E-state index in [0.717, 1.165) is 0 Å². The molecule has 0 unspecified atom stereocenters. The number of nitrogens with zero attached hydrogens (tertiary/aromatic N) is 8. The van der Waals surface area contributed by atoms with Crippen LogP contribution in [-0.2, 0) is 0 Å². The molecule has 2 aliphatic rings. The average molecular weight is 464 g/mol. The molecule has 0 spiro atoms. The highest BCUT2D eigenvalue weighted by atomic mass is 16.5. The van der Waals surface area contributed by atoms with E-state index < -0.39 is 22.2 Å². The highest BCUT2D eigenvalue weighted by Gasteiger charge is 2.47. The minimum atomic E-state index is -0.496. The number of hydrogen-bond donors (Lipinski definition) is 3. The lowest BCUT2D eigenvalue weighted by molar-refractivity contribution is -0.255. The fourth-order valence-corrected chi connectivity index (χ4v) is 5.51. The summed E-state index contributed by atoms with van der Waals surface area (Å²) in [5.41, 5.74) is 7.02. The van der Waals surface area contributed by atoms with Crippen molar-refractivity contribution in [1.29, 1.82) is 0 Å². The van der Waals surface area contributed by atoms with E-state index in [2.05, 4.69) is 30.3 Å². The first-order chi connectivity index (χ1) is 15.1. The second kappa shape index (κ2) is 8.52. The summed E-state index contributed by atoms with van der Waals surface area (Å²) in [4.78, 5) is 15.6. The highest BCUT2D eigenvalue weighted by molar-refractivity contribution is 5.34. The molecule has 0 radical (unpaired) electrons. The van der Waals surface area contributed by atoms with Crippen LogP contribution in [0.5, 0.6) is 6.01 Å². The molecule has 2 saturated heterocycles. The van der Waals surface area contributed by atoms with E-state index >= 15 is 0 Å². The van der Waals surface area contributed by atoms with E-state index in [1.807, 2.05) is 55.4 Å². The Morgan fingerprint density at radius 2 is 1.36 bits per heavy atom. The molecule has 3 rings (SSSR count). The third-order valence-electron chi connectivity index (χ3n) is 6.58. The maximum Gasteiger partial charge on any atom is 0.321 e. The summed E-state index contributed by atoms with van der Waals surface area (Å²) in [6.07, 6.45) is 2.19. The van der Waals surface area contributed by atoms with Gasteiger partial charge in [-0.1, -0.05) is 0 Å². The number of anilines is 1. The van der Waals surface area contributed by atoms with Gasteiger partial charge >= 0.3 is 6.01 Å². The number of ether oxygens (including phenoxy) is 1. The summed E-state index contributed by atoms with van der Waals surface area (Å²) in [5, 5.41) is 30.8. The number of hydrogen-bond acceptors (Lipinski definition) is 10. The molecule has 12 nitrogen and oxygen atoms in total. The lowest BCUT2D eigenvalue weighted by Gasteiger charge is -2.51. The number of piperidine rings is 2. The zero-order valence-corrected chi connectivity index (χ0v) is 20.9. The van der Waals surface area contributed by atoms with Gasteiger partial charge in [0.25, 0.3) is 0 Å². The third kappa shape index (κ3) is 5.47. The Hall–Kier alpha value is -2.24. The van der Waals surface area contributed by atoms with Crippen LogP contribution in [0.1, 0.15) is 81.1 Å². The van der Waals surface area contributed by atoms with Crippen LogP contribution < -0.4 is 10.1 Å². The summed E-state index contributed by atoms with van der Waals surface area (Å²) in [5.74, 6) is 0.171. The predicted molar refractivity (Wildman–Crippen MR) is 122 cm³/mol. The molecular formula is C21H37N9O3. The molecule has 0 atom stereocenters. The Balaban J connectivity index is 1.84. The fraction of sp³-hybridized carbons (Fsp3) is 0.857. The number of azide groups is 1. The van der Waals surface area contributed by atoms with E-state index in [1.54, 1.807) is 0 Å². The second-order valence-corrected chi connectivity index (χ2v) is 11.7. The standard InChI is InChI=1S/C21H37N9O3/c1-18(2)9-13(10-19(3,4)29(18)31)23-15-24-16(27-28-22)26-17(25-15)33-14-11-20(5,6)30(32)21(7,8)12-14/h13-14,31-32H,9-12H2,1-8H3,(H,23,24,25,26). The number of rotatable bonds is 5. The average Bonchev–Trinajstić information content (AvgIpc) is 2.63. The van der Waals surface area contributed by atoms with Crippen molar-refractivity contribution in [3.8, 4) is 6.01 Å². The molecule has 0 saturated carbocycles. The largest absolute Gasteiger partial charge is 0.460 e. The normalized spacial score (nSPS) is 25.3. The monoisotopic (exact) mass is 463 g/mol. The first-order valence-electron chi connectivity index (χ1n) is 11.3. The molecule has 2 aliphatic heterocycles. The third-order valence-corrected chi connectivity index (χ3v) is 6.58. The van der Waals surface area contributed by atoms with Crippen molar-refractivity contribution < 1.29 is 15.2 Å². The summed E-state index contributed by atoms with van der Waals surface area (Å²) >= 11 is 0. The molecule has 33 heavy (non-hydrogen) atoms. The minimum Gasteiger partial charge on any atom is -0.460 e. The smallest absolute Gasteiger partial charge is 0.321 e. The Kier molecular flexibility index (Phi) is 6.55. The van der Waals surface area contributed by atoms with Gasteiger partial charge < -0.3 is 20.5 Å². The van der Waals surface area contributed by atoms with E-state index in [1.165, 1.54) is 10.1 Å². The Morgan fingerprint density at radius 3 is 1.85 bits per heavy atom. The highest BCUT2D eigenvalue weighted by Crippen LogP contribution is 2.39. The van der Waals surface area contributed by atoms with Gasteiger partial charge in [-0.3, -0.25) is 0 Å². The molecule has 1 aromatic rings. The van der Waals surface area contributed by atoms with E-state index in [4.69, 9.17) is 10.3 Å². The molecular weight excluding hydrogens is 426 g/mol. The number of aromatic nitrogens is 3. The van der Waals surface area contributed by atoms with E-state index in [-0.39, 0.29) is 30.1 Å². The van der Waals surface area contributed by atoms with Crippen LogP contribution in [0, 0.1) is 0 Å². The van der Waals surface area contributed by atoms with Crippen molar-refractivity contribution in [2.75, 3.05) is 5.32 Å². The lowest BCUT2D eigenvalue weighted by Crippen LogP contribution is -2.61. The van der Waals surface area contributed by atoms with Gasteiger partial charge in [-0.05, 0) is 78.9 Å². The van der Waals surface area contributed by atoms with Crippen LogP contribution in [0.2, 0.25) is 0 Å². The van der Waals surface area contributed by atoms with Crippen molar-refractivity contribution in [3.63, 3.8) is 0 Å². The van der Waals surface area contributed by atoms with E-state index in [0.29, 0.717) is 25.7 Å². The first kappa shape index (κ1) is 25.4. The number of hydroxylamine groups is 4. The van der Waals surface area contributed by atoms with Crippen LogP contribution in [-0.4, -0.2) is 69.8 Å². The van der Waals surface area contributed by atoms with Gasteiger partial charge in [-0.15, -0.1) is 0 Å². The van der Waals surface area contributed by atoms with Crippen LogP contribution in [0.4, 0.5) is 11.9 Å². The van der Waals surface area contributed by atoms with Gasteiger partial charge in [0, 0.05) is 46.0 Å². The maximum absolute atomic E-state index is 10.6. The van der Waals surface area contributed by atoms with Crippen LogP contribution >= 0.6 is 0 Å². The quantitative estimate of drug-likeness (QED) is 0.326. The van der Waals surface area contributed by atoms with Gasteiger partial charge in [0.1, 0.15) is 6.10 Å². The summed E-state index contributed by atoms with van der Waals surface area (Å²) in [6.45, 7) is 15.7. The Labute approximate surface area is 194 Å². The zero-order chi connectivity index (χ0) is 24.8. The molecule has 3 heterocycles. The van der Waals surface area contributed by atoms with Crippen LogP contribution in [0.25, 0.3) is 10.4 Å². The summed E-state index contributed by atoms with van der Waals surface area (Å²) in [6, 6.07) is 0.0408. The van der Waals surface area contributed by atoms with Gasteiger partial charge in [-0.25, -0.2) is 0 Å². The lowest BCUT2D eigenvalue weighted by atomic mass is 9.79. The molecule has 12 heteroatoms. The Bertz CT molecular complexity index is 829. The molecule has 3 N–H and O–H groups in total. The van der Waals surface area contributed by atoms with Gasteiger partial charge in [0.15, 0.2) is 0 Å². The van der Waals surface area contributed by atoms with Crippen LogP contribution in [0.3, 0.4) is 0 Å². The van der Waals surface area contributed by atoms with Crippen LogP contribution in [0.15, 0.2) is 5.11 Å². The maximum atomic E-state index is 10.6. The molecule has 0 aromatic carbocycles. The molecule has 0 bridgehead atoms. The van der Waals surface area contributed by atoms with Crippen molar-refractivity contribution in [2.45, 2.75) is 115 Å².